The summed E-state index contributed by atoms with van der Waals surface area (Å²) in [6.45, 7) is 14.8. The molecule has 2 unspecified atom stereocenters. The summed E-state index contributed by atoms with van der Waals surface area (Å²) < 4.78 is 59.6. The van der Waals surface area contributed by atoms with E-state index in [1.807, 2.05) is 0 Å². The minimum atomic E-state index is -1.05. The summed E-state index contributed by atoms with van der Waals surface area (Å²) in [4.78, 5) is 0. The van der Waals surface area contributed by atoms with Gasteiger partial charge in [0.25, 0.3) is 0 Å². The summed E-state index contributed by atoms with van der Waals surface area (Å²) in [5, 5.41) is 0. The van der Waals surface area contributed by atoms with E-state index in [0.29, 0.717) is 17.5 Å². The molecule has 266 valence electrons. The van der Waals surface area contributed by atoms with Crippen molar-refractivity contribution < 1.29 is 31.6 Å². The molecule has 0 saturated heterocycles. The summed E-state index contributed by atoms with van der Waals surface area (Å²) in [5.74, 6) is 0.0426. The summed E-state index contributed by atoms with van der Waals surface area (Å²) >= 11 is 0. The van der Waals surface area contributed by atoms with Crippen LogP contribution in [-0.2, 0) is 4.65 Å². The van der Waals surface area contributed by atoms with Crippen LogP contribution >= 0.6 is 0 Å². The van der Waals surface area contributed by atoms with Crippen molar-refractivity contribution >= 4 is 7.32 Å². The number of unbranched alkanes of at least 4 members (excludes halogenated alkanes) is 5. The molecule has 3 rings (SSSR count). The zero-order valence-corrected chi connectivity index (χ0v) is 30.1. The Morgan fingerprint density at radius 1 is 0.562 bits per heavy atom. The molecule has 8 heteroatoms. The third kappa shape index (κ3) is 15.5. The van der Waals surface area contributed by atoms with E-state index in [-0.39, 0.29) is 23.6 Å². The zero-order chi connectivity index (χ0) is 35.0. The number of hydrogen-bond donors (Lipinski definition) is 0. The third-order valence-electron chi connectivity index (χ3n) is 8.74. The van der Waals surface area contributed by atoms with Gasteiger partial charge in [0, 0.05) is 12.2 Å². The molecule has 0 aliphatic carbocycles. The first-order chi connectivity index (χ1) is 23.3. The molecule has 48 heavy (non-hydrogen) atoms. The minimum Gasteiger partial charge on any atom is -0.501 e. The van der Waals surface area contributed by atoms with E-state index in [9.17, 15) is 13.2 Å². The Kier molecular flexibility index (Phi) is 20.8. The number of benzene rings is 3. The monoisotopic (exact) mass is 669 g/mol. The molecule has 0 saturated carbocycles. The van der Waals surface area contributed by atoms with E-state index in [4.69, 9.17) is 14.0 Å². The topological polar surface area (TPSA) is 27.7 Å². The van der Waals surface area contributed by atoms with Crippen LogP contribution in [0.4, 0.5) is 13.2 Å². The lowest BCUT2D eigenvalue weighted by molar-refractivity contribution is -0.955. The van der Waals surface area contributed by atoms with Crippen LogP contribution in [0.1, 0.15) is 112 Å². The van der Waals surface area contributed by atoms with Gasteiger partial charge < -0.3 is 18.4 Å². The van der Waals surface area contributed by atoms with Crippen LogP contribution in [0.15, 0.2) is 72.8 Å². The smallest absolute Gasteiger partial charge is 0.501 e. The second kappa shape index (κ2) is 24.2. The Labute approximate surface area is 289 Å². The summed E-state index contributed by atoms with van der Waals surface area (Å²) in [7, 11) is -1.05. The normalized spacial score (nSPS) is 12.5. The number of quaternary nitrogens is 1. The lowest BCUT2D eigenvalue weighted by atomic mass is 9.92. The predicted molar refractivity (Wildman–Crippen MR) is 192 cm³/mol. The lowest BCUT2D eigenvalue weighted by Crippen LogP contribution is -2.62. The number of hydrogen-bond acceptors (Lipinski definition) is 3. The van der Waals surface area contributed by atoms with Crippen molar-refractivity contribution in [1.82, 2.24) is 0 Å². The first-order valence-corrected chi connectivity index (χ1v) is 18.3. The maximum Gasteiger partial charge on any atom is 0.788 e. The number of halogens is 3. The average molecular weight is 670 g/mol. The Balaban J connectivity index is 0.00000101. The largest absolute Gasteiger partial charge is 0.788 e. The molecular formula is C40H59BF3NO3. The van der Waals surface area contributed by atoms with E-state index < -0.39 is 7.32 Å². The fourth-order valence-electron chi connectivity index (χ4n) is 6.14. The molecular weight excluding hydrogens is 610 g/mol. The highest BCUT2D eigenvalue weighted by molar-refractivity contribution is 6.38. The van der Waals surface area contributed by atoms with Gasteiger partial charge in [0.2, 0.25) is 0 Å². The highest BCUT2D eigenvalue weighted by Crippen LogP contribution is 2.31. The van der Waals surface area contributed by atoms with Crippen LogP contribution in [0.25, 0.3) is 0 Å². The van der Waals surface area contributed by atoms with Crippen molar-refractivity contribution in [2.45, 2.75) is 124 Å². The third-order valence-corrected chi connectivity index (χ3v) is 8.74. The van der Waals surface area contributed by atoms with Gasteiger partial charge in [-0.15, -0.1) is 12.1 Å². The Hall–Kier alpha value is -2.97. The highest BCUT2D eigenvalue weighted by Gasteiger charge is 2.44. The molecule has 0 fully saturated rings. The van der Waals surface area contributed by atoms with Crippen molar-refractivity contribution in [1.29, 1.82) is 0 Å². The van der Waals surface area contributed by atoms with Gasteiger partial charge in [-0.1, -0.05) is 79.6 Å². The van der Waals surface area contributed by atoms with Gasteiger partial charge in [0.1, 0.15) is 29.2 Å². The van der Waals surface area contributed by atoms with Crippen LogP contribution in [-0.4, -0.2) is 43.6 Å². The lowest BCUT2D eigenvalue weighted by Gasteiger charge is -2.48. The van der Waals surface area contributed by atoms with Gasteiger partial charge in [-0.05, 0) is 74.2 Å². The molecule has 0 heterocycles. The average Bonchev–Trinajstić information content (AvgIpc) is 3.09. The summed E-state index contributed by atoms with van der Waals surface area (Å²) in [6.07, 6.45) is 13.4. The van der Waals surface area contributed by atoms with Crippen LogP contribution in [0.2, 0.25) is 0 Å². The molecule has 2 atom stereocenters. The molecule has 0 bridgehead atoms. The quantitative estimate of drug-likeness (QED) is 0.0435. The fraction of sp³-hybridized carbons (Fsp3) is 0.550. The fourth-order valence-corrected chi connectivity index (χ4v) is 6.14. The van der Waals surface area contributed by atoms with Gasteiger partial charge in [-0.3, -0.25) is 0 Å². The summed E-state index contributed by atoms with van der Waals surface area (Å²) in [5.41, 5.74) is 0. The van der Waals surface area contributed by atoms with E-state index >= 15 is 0 Å². The molecule has 0 aliphatic rings. The second-order valence-electron chi connectivity index (χ2n) is 12.6. The number of rotatable bonds is 23. The van der Waals surface area contributed by atoms with Gasteiger partial charge in [0.15, 0.2) is 0 Å². The molecule has 0 aromatic heterocycles. The standard InChI is InChI=1S/C34H55BF2NO3.C6H4F/c1-6-11-15-17-34(33(16-10-5)38(26-12-7-2,27-13-8-3)28-14-9-4)41-35(39-31-22-18-29(36)19-23-31)40-32-24-20-30(37)21-25-32;7-6-4-2-1-3-5-6/h18-25,33-34H,6-17,26-28H2,1-5H3;2-5H/q+1;-1. The zero-order valence-electron chi connectivity index (χ0n) is 30.1. The van der Waals surface area contributed by atoms with Crippen molar-refractivity contribution in [3.63, 3.8) is 0 Å². The molecule has 3 aromatic carbocycles. The van der Waals surface area contributed by atoms with Crippen molar-refractivity contribution in [3.8, 4) is 11.5 Å². The van der Waals surface area contributed by atoms with E-state index in [1.54, 1.807) is 24.3 Å². The first-order valence-electron chi connectivity index (χ1n) is 18.3. The second-order valence-corrected chi connectivity index (χ2v) is 12.6. The SMILES string of the molecule is CCCCCC(OB(Oc1ccc(F)cc1)Oc1ccc(F)cc1)C(CCC)[N+](CCCC)(CCCC)CCCC.Fc1cc[c-]cc1. The molecule has 3 aromatic rings. The predicted octanol–water partition coefficient (Wildman–Crippen LogP) is 11.4. The maximum atomic E-state index is 13.7. The Morgan fingerprint density at radius 2 is 1.00 bits per heavy atom. The molecule has 4 nitrogen and oxygen atoms in total. The van der Waals surface area contributed by atoms with Crippen molar-refractivity contribution in [2.24, 2.45) is 0 Å². The van der Waals surface area contributed by atoms with Crippen LogP contribution < -0.4 is 9.31 Å². The van der Waals surface area contributed by atoms with Crippen LogP contribution in [0, 0.1) is 23.5 Å². The van der Waals surface area contributed by atoms with Gasteiger partial charge in [-0.25, -0.2) is 13.2 Å². The summed E-state index contributed by atoms with van der Waals surface area (Å²) in [6, 6.07) is 20.6. The van der Waals surface area contributed by atoms with Crippen molar-refractivity contribution in [2.75, 3.05) is 19.6 Å². The molecule has 0 amide bonds. The minimum absolute atomic E-state index is 0.0852. The van der Waals surface area contributed by atoms with Crippen LogP contribution in [0.5, 0.6) is 11.5 Å². The first kappa shape index (κ1) is 41.2. The number of nitrogens with zero attached hydrogens (tertiary/aromatic N) is 1. The Bertz CT molecular complexity index is 1130. The Morgan fingerprint density at radius 3 is 1.38 bits per heavy atom. The molecule has 0 radical (unpaired) electrons. The molecule has 0 N–H and O–H groups in total. The molecule has 0 aliphatic heterocycles. The van der Waals surface area contributed by atoms with Crippen molar-refractivity contribution in [3.05, 3.63) is 96.3 Å². The van der Waals surface area contributed by atoms with Gasteiger partial charge >= 0.3 is 7.32 Å². The van der Waals surface area contributed by atoms with Crippen LogP contribution in [0.3, 0.4) is 0 Å². The highest BCUT2D eigenvalue weighted by atomic mass is 19.1. The maximum absolute atomic E-state index is 13.7. The van der Waals surface area contributed by atoms with Gasteiger partial charge in [0.05, 0.1) is 25.7 Å². The molecule has 0 spiro atoms. The van der Waals surface area contributed by atoms with Gasteiger partial charge in [-0.2, -0.15) is 18.2 Å². The van der Waals surface area contributed by atoms with E-state index in [2.05, 4.69) is 40.7 Å². The van der Waals surface area contributed by atoms with E-state index in [1.165, 1.54) is 87.1 Å². The van der Waals surface area contributed by atoms with E-state index in [0.717, 1.165) is 62.6 Å².